The van der Waals surface area contributed by atoms with Gasteiger partial charge in [-0.3, -0.25) is 9.59 Å². The second-order valence-electron chi connectivity index (χ2n) is 5.30. The van der Waals surface area contributed by atoms with Crippen LogP contribution in [0.1, 0.15) is 34.1 Å². The van der Waals surface area contributed by atoms with Gasteiger partial charge in [0, 0.05) is 6.04 Å². The molecule has 3 atom stereocenters. The summed E-state index contributed by atoms with van der Waals surface area (Å²) >= 11 is 1.77. The van der Waals surface area contributed by atoms with Crippen molar-refractivity contribution in [3.05, 3.63) is 0 Å². The second kappa shape index (κ2) is 6.45. The Morgan fingerprint density at radius 3 is 2.44 bits per heavy atom. The topological polar surface area (TPSA) is 49.4 Å². The zero-order chi connectivity index (χ0) is 13.9. The van der Waals surface area contributed by atoms with Gasteiger partial charge in [-0.15, -0.1) is 0 Å². The van der Waals surface area contributed by atoms with E-state index in [1.54, 1.807) is 23.6 Å². The van der Waals surface area contributed by atoms with Crippen LogP contribution < -0.4 is 5.32 Å². The number of amides is 2. The molecule has 1 saturated heterocycles. The van der Waals surface area contributed by atoms with Crippen molar-refractivity contribution < 1.29 is 9.59 Å². The highest BCUT2D eigenvalue weighted by atomic mass is 32.2. The maximum Gasteiger partial charge on any atom is 0.245 e. The van der Waals surface area contributed by atoms with Gasteiger partial charge in [0.05, 0.1) is 0 Å². The predicted octanol–water partition coefficient (Wildman–Crippen LogP) is 1.50. The van der Waals surface area contributed by atoms with Crippen molar-refractivity contribution in [1.29, 1.82) is 0 Å². The van der Waals surface area contributed by atoms with Gasteiger partial charge in [-0.05, 0) is 38.2 Å². The highest BCUT2D eigenvalue weighted by molar-refractivity contribution is 7.98. The van der Waals surface area contributed by atoms with Crippen LogP contribution in [0.5, 0.6) is 0 Å². The van der Waals surface area contributed by atoms with Crippen LogP contribution >= 0.6 is 11.8 Å². The number of piperazine rings is 1. The Labute approximate surface area is 114 Å². The summed E-state index contributed by atoms with van der Waals surface area (Å²) in [6.07, 6.45) is 2.98. The fourth-order valence-electron chi connectivity index (χ4n) is 2.39. The summed E-state index contributed by atoms with van der Waals surface area (Å²) in [5.74, 6) is 1.17. The van der Waals surface area contributed by atoms with E-state index in [9.17, 15) is 9.59 Å². The third-order valence-corrected chi connectivity index (χ3v) is 4.04. The van der Waals surface area contributed by atoms with Crippen LogP contribution in [0, 0.1) is 5.92 Å². The average molecular weight is 272 g/mol. The third kappa shape index (κ3) is 3.19. The molecule has 0 saturated carbocycles. The first-order valence-electron chi connectivity index (χ1n) is 6.51. The van der Waals surface area contributed by atoms with E-state index in [1.807, 2.05) is 20.8 Å². The van der Waals surface area contributed by atoms with Crippen LogP contribution in [0.3, 0.4) is 0 Å². The van der Waals surface area contributed by atoms with Gasteiger partial charge in [0.1, 0.15) is 12.1 Å². The standard InChI is InChI=1S/C13H24N2O2S/c1-8(2)11-12(16)14-10(4)13(17)15(11)9(3)6-7-18-5/h8-11H,6-7H2,1-5H3,(H,14,16). The molecular weight excluding hydrogens is 248 g/mol. The summed E-state index contributed by atoms with van der Waals surface area (Å²) in [5, 5.41) is 2.77. The highest BCUT2D eigenvalue weighted by Gasteiger charge is 2.42. The fraction of sp³-hybridized carbons (Fsp3) is 0.846. The molecule has 18 heavy (non-hydrogen) atoms. The van der Waals surface area contributed by atoms with Gasteiger partial charge < -0.3 is 10.2 Å². The zero-order valence-corrected chi connectivity index (χ0v) is 12.7. The van der Waals surface area contributed by atoms with E-state index in [2.05, 4.69) is 11.6 Å². The van der Waals surface area contributed by atoms with Gasteiger partial charge in [0.25, 0.3) is 0 Å². The van der Waals surface area contributed by atoms with E-state index in [-0.39, 0.29) is 29.8 Å². The SMILES string of the molecule is CSCCC(C)N1C(=O)C(C)NC(=O)C1C(C)C. The summed E-state index contributed by atoms with van der Waals surface area (Å²) in [4.78, 5) is 26.2. The zero-order valence-electron chi connectivity index (χ0n) is 11.9. The van der Waals surface area contributed by atoms with E-state index in [0.29, 0.717) is 0 Å². The second-order valence-corrected chi connectivity index (χ2v) is 6.28. The predicted molar refractivity (Wildman–Crippen MR) is 75.5 cm³/mol. The smallest absolute Gasteiger partial charge is 0.245 e. The Morgan fingerprint density at radius 2 is 1.94 bits per heavy atom. The van der Waals surface area contributed by atoms with E-state index in [0.717, 1.165) is 12.2 Å². The van der Waals surface area contributed by atoms with Crippen LogP contribution in [-0.4, -0.2) is 46.8 Å². The maximum atomic E-state index is 12.3. The molecule has 0 aromatic carbocycles. The van der Waals surface area contributed by atoms with Crippen molar-refractivity contribution >= 4 is 23.6 Å². The minimum atomic E-state index is -0.399. The number of hydrogen-bond acceptors (Lipinski definition) is 3. The molecule has 0 radical (unpaired) electrons. The first kappa shape index (κ1) is 15.3. The first-order valence-corrected chi connectivity index (χ1v) is 7.91. The van der Waals surface area contributed by atoms with Crippen molar-refractivity contribution in [2.75, 3.05) is 12.0 Å². The Morgan fingerprint density at radius 1 is 1.33 bits per heavy atom. The van der Waals surface area contributed by atoms with Crippen molar-refractivity contribution in [3.8, 4) is 0 Å². The third-order valence-electron chi connectivity index (χ3n) is 3.40. The Bertz CT molecular complexity index is 320. The molecule has 1 rings (SSSR count). The number of hydrogen-bond donors (Lipinski definition) is 1. The Balaban J connectivity index is 2.91. The first-order chi connectivity index (χ1) is 8.40. The fourth-order valence-corrected chi connectivity index (χ4v) is 2.97. The number of carbonyl (C=O) groups excluding carboxylic acids is 2. The largest absolute Gasteiger partial charge is 0.343 e. The van der Waals surface area contributed by atoms with Crippen LogP contribution in [0.2, 0.25) is 0 Å². The van der Waals surface area contributed by atoms with Gasteiger partial charge in [-0.1, -0.05) is 13.8 Å². The summed E-state index contributed by atoms with van der Waals surface area (Å²) in [6.45, 7) is 7.77. The van der Waals surface area contributed by atoms with Crippen LogP contribution in [0.4, 0.5) is 0 Å². The lowest BCUT2D eigenvalue weighted by Crippen LogP contribution is -2.66. The van der Waals surface area contributed by atoms with Crippen LogP contribution in [-0.2, 0) is 9.59 Å². The van der Waals surface area contributed by atoms with Crippen LogP contribution in [0.25, 0.3) is 0 Å². The van der Waals surface area contributed by atoms with Gasteiger partial charge in [-0.2, -0.15) is 11.8 Å². The molecule has 0 bridgehead atoms. The molecule has 1 aliphatic rings. The molecule has 3 unspecified atom stereocenters. The molecule has 0 aromatic rings. The number of nitrogens with one attached hydrogen (secondary N) is 1. The molecule has 0 aromatic heterocycles. The molecule has 1 heterocycles. The quantitative estimate of drug-likeness (QED) is 0.825. The molecule has 1 N–H and O–H groups in total. The molecular formula is C13H24N2O2S. The van der Waals surface area contributed by atoms with Crippen molar-refractivity contribution in [2.24, 2.45) is 5.92 Å². The van der Waals surface area contributed by atoms with Gasteiger partial charge in [-0.25, -0.2) is 0 Å². The van der Waals surface area contributed by atoms with Crippen molar-refractivity contribution in [3.63, 3.8) is 0 Å². The van der Waals surface area contributed by atoms with Crippen molar-refractivity contribution in [1.82, 2.24) is 10.2 Å². The summed E-state index contributed by atoms with van der Waals surface area (Å²) in [5.41, 5.74) is 0. The molecule has 0 aliphatic carbocycles. The van der Waals surface area contributed by atoms with E-state index in [1.165, 1.54) is 0 Å². The average Bonchev–Trinajstić information content (AvgIpc) is 2.29. The van der Waals surface area contributed by atoms with E-state index >= 15 is 0 Å². The summed E-state index contributed by atoms with van der Waals surface area (Å²) in [7, 11) is 0. The summed E-state index contributed by atoms with van der Waals surface area (Å²) < 4.78 is 0. The number of thioether (sulfide) groups is 1. The Kier molecular flexibility index (Phi) is 5.50. The molecule has 4 nitrogen and oxygen atoms in total. The van der Waals surface area contributed by atoms with E-state index in [4.69, 9.17) is 0 Å². The molecule has 1 aliphatic heterocycles. The normalized spacial score (nSPS) is 26.4. The lowest BCUT2D eigenvalue weighted by Gasteiger charge is -2.43. The van der Waals surface area contributed by atoms with Gasteiger partial charge in [0.15, 0.2) is 0 Å². The van der Waals surface area contributed by atoms with Crippen LogP contribution in [0.15, 0.2) is 0 Å². The number of rotatable bonds is 5. The highest BCUT2D eigenvalue weighted by Crippen LogP contribution is 2.22. The number of nitrogens with zero attached hydrogens (tertiary/aromatic N) is 1. The molecule has 104 valence electrons. The minimum Gasteiger partial charge on any atom is -0.343 e. The lowest BCUT2D eigenvalue weighted by atomic mass is 9.95. The van der Waals surface area contributed by atoms with Crippen molar-refractivity contribution in [2.45, 2.75) is 52.2 Å². The minimum absolute atomic E-state index is 0.0203. The summed E-state index contributed by atoms with van der Waals surface area (Å²) in [6, 6.07) is -0.611. The monoisotopic (exact) mass is 272 g/mol. The maximum absolute atomic E-state index is 12.3. The molecule has 2 amide bonds. The lowest BCUT2D eigenvalue weighted by molar-refractivity contribution is -0.153. The van der Waals surface area contributed by atoms with Gasteiger partial charge >= 0.3 is 0 Å². The van der Waals surface area contributed by atoms with Gasteiger partial charge in [0.2, 0.25) is 11.8 Å². The molecule has 0 spiro atoms. The molecule has 1 fully saturated rings. The molecule has 5 heteroatoms. The number of carbonyl (C=O) groups is 2. The van der Waals surface area contributed by atoms with E-state index < -0.39 is 6.04 Å². The Hall–Kier alpha value is -0.710.